The third-order valence-corrected chi connectivity index (χ3v) is 3.69. The van der Waals surface area contributed by atoms with Crippen molar-refractivity contribution >= 4 is 34.5 Å². The highest BCUT2D eigenvalue weighted by Gasteiger charge is 2.28. The number of carboxylic acid groups (broad SMARTS) is 1. The molecule has 0 spiro atoms. The first kappa shape index (κ1) is 12.4. The Bertz CT molecular complexity index is 410. The monoisotopic (exact) mass is 347 g/mol. The van der Waals surface area contributed by atoms with Crippen molar-refractivity contribution in [2.24, 2.45) is 0 Å². The van der Waals surface area contributed by atoms with E-state index in [1.165, 1.54) is 4.90 Å². The molecule has 1 atom stereocenters. The lowest BCUT2D eigenvalue weighted by molar-refractivity contribution is 0.142. The van der Waals surface area contributed by atoms with Crippen molar-refractivity contribution in [1.82, 2.24) is 9.88 Å². The Balaban J connectivity index is 2.02. The van der Waals surface area contributed by atoms with E-state index in [-0.39, 0.29) is 6.04 Å². The minimum atomic E-state index is -0.868. The van der Waals surface area contributed by atoms with Gasteiger partial charge in [-0.2, -0.15) is 0 Å². The van der Waals surface area contributed by atoms with Gasteiger partial charge in [0.2, 0.25) is 0 Å². The highest BCUT2D eigenvalue weighted by atomic mass is 127. The van der Waals surface area contributed by atoms with Gasteiger partial charge >= 0.3 is 6.09 Å². The van der Waals surface area contributed by atoms with Gasteiger partial charge in [0.05, 0.1) is 6.04 Å². The summed E-state index contributed by atoms with van der Waals surface area (Å²) in [5.41, 5.74) is 0. The summed E-state index contributed by atoms with van der Waals surface area (Å²) >= 11 is 2.22. The average molecular weight is 347 g/mol. The van der Waals surface area contributed by atoms with E-state index in [9.17, 15) is 4.79 Å². The summed E-state index contributed by atoms with van der Waals surface area (Å²) < 4.78 is 1.10. The van der Waals surface area contributed by atoms with E-state index in [0.29, 0.717) is 0 Å². The number of hydrogen-bond acceptors (Lipinski definition) is 3. The molecule has 1 aromatic heterocycles. The maximum absolute atomic E-state index is 10.9. The number of aromatic nitrogens is 1. The summed E-state index contributed by atoms with van der Waals surface area (Å²) in [5.74, 6) is 0.923. The van der Waals surface area contributed by atoms with Crippen LogP contribution in [0.4, 0.5) is 10.6 Å². The predicted octanol–water partition coefficient (Wildman–Crippen LogP) is 1.87. The van der Waals surface area contributed by atoms with Crippen molar-refractivity contribution < 1.29 is 9.90 Å². The first-order valence-corrected chi connectivity index (χ1v) is 6.48. The third-order valence-electron chi connectivity index (χ3n) is 3.05. The van der Waals surface area contributed by atoms with Crippen LogP contribution in [0, 0.1) is 3.57 Å². The molecule has 2 heterocycles. The molecule has 0 unspecified atom stereocenters. The van der Waals surface area contributed by atoms with Gasteiger partial charge in [-0.3, -0.25) is 0 Å². The number of amides is 1. The standard InChI is InChI=1S/C11H14IN3O2/c1-14(11(16)17)9-4-5-15(7-9)10-3-2-8(12)6-13-10/h2-3,6,9H,4-5,7H2,1H3,(H,16,17)/t9-/m0/s1. The van der Waals surface area contributed by atoms with Crippen molar-refractivity contribution in [3.8, 4) is 0 Å². The second kappa shape index (κ2) is 5.07. The number of hydrogen-bond donors (Lipinski definition) is 1. The third kappa shape index (κ3) is 2.80. The maximum atomic E-state index is 10.9. The summed E-state index contributed by atoms with van der Waals surface area (Å²) in [7, 11) is 1.62. The van der Waals surface area contributed by atoms with Crippen LogP contribution in [0.5, 0.6) is 0 Å². The Kier molecular flexibility index (Phi) is 3.70. The van der Waals surface area contributed by atoms with Crippen LogP contribution in [0.15, 0.2) is 18.3 Å². The van der Waals surface area contributed by atoms with Crippen LogP contribution in [-0.4, -0.2) is 47.3 Å². The molecular formula is C11H14IN3O2. The van der Waals surface area contributed by atoms with Gasteiger partial charge in [0.25, 0.3) is 0 Å². The van der Waals surface area contributed by atoms with Crippen LogP contribution in [-0.2, 0) is 0 Å². The largest absolute Gasteiger partial charge is 0.465 e. The van der Waals surface area contributed by atoms with E-state index in [1.807, 2.05) is 18.3 Å². The molecule has 1 aliphatic rings. The van der Waals surface area contributed by atoms with Gasteiger partial charge in [0, 0.05) is 29.9 Å². The second-order valence-electron chi connectivity index (χ2n) is 4.12. The van der Waals surface area contributed by atoms with Crippen LogP contribution < -0.4 is 4.90 Å². The lowest BCUT2D eigenvalue weighted by Crippen LogP contribution is -2.38. The zero-order chi connectivity index (χ0) is 12.4. The summed E-state index contributed by atoms with van der Waals surface area (Å²) in [5, 5.41) is 8.93. The molecule has 1 saturated heterocycles. The molecule has 0 radical (unpaired) electrons. The maximum Gasteiger partial charge on any atom is 0.407 e. The van der Waals surface area contributed by atoms with Gasteiger partial charge < -0.3 is 14.9 Å². The number of likely N-dealkylation sites (N-methyl/N-ethyl adjacent to an activating group) is 1. The quantitative estimate of drug-likeness (QED) is 0.830. The van der Waals surface area contributed by atoms with Gasteiger partial charge in [-0.25, -0.2) is 9.78 Å². The lowest BCUT2D eigenvalue weighted by atomic mass is 10.2. The fourth-order valence-corrected chi connectivity index (χ4v) is 2.30. The van der Waals surface area contributed by atoms with E-state index in [4.69, 9.17) is 5.11 Å². The summed E-state index contributed by atoms with van der Waals surface area (Å²) in [6.07, 6.45) is 1.81. The normalized spacial score (nSPS) is 19.4. The van der Waals surface area contributed by atoms with E-state index >= 15 is 0 Å². The first-order chi connectivity index (χ1) is 8.08. The number of rotatable bonds is 2. The molecule has 0 saturated carbocycles. The van der Waals surface area contributed by atoms with Crippen molar-refractivity contribution in [1.29, 1.82) is 0 Å². The predicted molar refractivity (Wildman–Crippen MR) is 73.4 cm³/mol. The minimum absolute atomic E-state index is 0.0635. The zero-order valence-corrected chi connectivity index (χ0v) is 11.7. The average Bonchev–Trinajstić information content (AvgIpc) is 2.78. The van der Waals surface area contributed by atoms with E-state index in [2.05, 4.69) is 32.5 Å². The Morgan fingerprint density at radius 1 is 1.65 bits per heavy atom. The number of nitrogens with zero attached hydrogens (tertiary/aromatic N) is 3. The highest BCUT2D eigenvalue weighted by Crippen LogP contribution is 2.21. The molecule has 2 rings (SSSR count). The van der Waals surface area contributed by atoms with Crippen LogP contribution >= 0.6 is 22.6 Å². The van der Waals surface area contributed by atoms with Crippen LogP contribution in [0.2, 0.25) is 0 Å². The molecule has 17 heavy (non-hydrogen) atoms. The Morgan fingerprint density at radius 3 is 3.00 bits per heavy atom. The second-order valence-corrected chi connectivity index (χ2v) is 5.36. The van der Waals surface area contributed by atoms with Gasteiger partial charge in [0.1, 0.15) is 5.82 Å². The fourth-order valence-electron chi connectivity index (χ4n) is 1.98. The molecular weight excluding hydrogens is 333 g/mol. The molecule has 6 heteroatoms. The number of halogens is 1. The molecule has 92 valence electrons. The SMILES string of the molecule is CN(C(=O)O)[C@H]1CCN(c2ccc(I)cn2)C1. The van der Waals surface area contributed by atoms with E-state index in [0.717, 1.165) is 28.9 Å². The number of carbonyl (C=O) groups is 1. The molecule has 1 aromatic rings. The Labute approximate surface area is 114 Å². The van der Waals surface area contributed by atoms with Crippen molar-refractivity contribution in [3.63, 3.8) is 0 Å². The van der Waals surface area contributed by atoms with E-state index < -0.39 is 6.09 Å². The van der Waals surface area contributed by atoms with Crippen molar-refractivity contribution in [3.05, 3.63) is 21.9 Å². The van der Waals surface area contributed by atoms with Crippen LogP contribution in [0.25, 0.3) is 0 Å². The molecule has 1 aliphatic heterocycles. The molecule has 0 aliphatic carbocycles. The molecule has 0 bridgehead atoms. The lowest BCUT2D eigenvalue weighted by Gasteiger charge is -2.22. The zero-order valence-electron chi connectivity index (χ0n) is 9.51. The number of anilines is 1. The van der Waals surface area contributed by atoms with Crippen molar-refractivity contribution in [2.45, 2.75) is 12.5 Å². The highest BCUT2D eigenvalue weighted by molar-refractivity contribution is 14.1. The van der Waals surface area contributed by atoms with Crippen molar-refractivity contribution in [2.75, 3.05) is 25.0 Å². The molecule has 1 fully saturated rings. The van der Waals surface area contributed by atoms with Gasteiger partial charge in [0.15, 0.2) is 0 Å². The summed E-state index contributed by atoms with van der Waals surface area (Å²) in [6.45, 7) is 1.58. The molecule has 1 N–H and O–H groups in total. The Morgan fingerprint density at radius 2 is 2.41 bits per heavy atom. The van der Waals surface area contributed by atoms with Gasteiger partial charge in [-0.15, -0.1) is 0 Å². The first-order valence-electron chi connectivity index (χ1n) is 5.40. The van der Waals surface area contributed by atoms with E-state index in [1.54, 1.807) is 7.05 Å². The van der Waals surface area contributed by atoms with Gasteiger partial charge in [-0.05, 0) is 41.1 Å². The van der Waals surface area contributed by atoms with Crippen LogP contribution in [0.3, 0.4) is 0 Å². The fraction of sp³-hybridized carbons (Fsp3) is 0.455. The minimum Gasteiger partial charge on any atom is -0.465 e. The Hall–Kier alpha value is -1.05. The summed E-state index contributed by atoms with van der Waals surface area (Å²) in [6, 6.07) is 4.05. The molecule has 5 nitrogen and oxygen atoms in total. The smallest absolute Gasteiger partial charge is 0.407 e. The van der Waals surface area contributed by atoms with Gasteiger partial charge in [-0.1, -0.05) is 0 Å². The molecule has 0 aromatic carbocycles. The topological polar surface area (TPSA) is 56.7 Å². The molecule has 1 amide bonds. The number of pyridine rings is 1. The summed E-state index contributed by atoms with van der Waals surface area (Å²) in [4.78, 5) is 18.7. The van der Waals surface area contributed by atoms with Crippen LogP contribution in [0.1, 0.15) is 6.42 Å².